The molecule has 0 radical (unpaired) electrons. The molecule has 1 heterocycles. The van der Waals surface area contributed by atoms with Gasteiger partial charge >= 0.3 is 0 Å². The van der Waals surface area contributed by atoms with E-state index in [2.05, 4.69) is 10.8 Å². The van der Waals surface area contributed by atoms with E-state index in [0.29, 0.717) is 19.6 Å². The Hall–Kier alpha value is -0.680. The third kappa shape index (κ3) is 4.21. The summed E-state index contributed by atoms with van der Waals surface area (Å²) in [4.78, 5) is 2.04. The van der Waals surface area contributed by atoms with Crippen molar-refractivity contribution in [2.75, 3.05) is 32.7 Å². The van der Waals surface area contributed by atoms with Gasteiger partial charge in [-0.1, -0.05) is 13.8 Å². The lowest BCUT2D eigenvalue weighted by Crippen LogP contribution is -2.49. The average molecular weight is 274 g/mol. The molecule has 0 spiro atoms. The average Bonchev–Trinajstić information content (AvgIpc) is 2.33. The number of likely N-dealkylation sites (tertiary alicyclic amines) is 1. The summed E-state index contributed by atoms with van der Waals surface area (Å²) in [6.45, 7) is 6.61. The van der Waals surface area contributed by atoms with E-state index < -0.39 is 10.2 Å². The minimum atomic E-state index is -3.35. The first-order valence-corrected chi connectivity index (χ1v) is 7.84. The summed E-state index contributed by atoms with van der Waals surface area (Å²) in [5, 5.41) is 8.60. The highest BCUT2D eigenvalue weighted by Gasteiger charge is 2.26. The number of rotatable bonds is 6. The largest absolute Gasteiger partial charge is 0.290 e. The highest BCUT2D eigenvalue weighted by atomic mass is 32.2. The minimum absolute atomic E-state index is 0.00876. The standard InChI is InChI=1S/C11H22N4O2S/c1-3-15(4-2)18(16,17)13-11-5-8-14(9-6-11)10-7-12/h11,13H,3-6,8-10H2,1-2H3. The van der Waals surface area contributed by atoms with Crippen LogP contribution in [0.4, 0.5) is 0 Å². The van der Waals surface area contributed by atoms with E-state index in [0.717, 1.165) is 25.9 Å². The molecule has 0 aromatic carbocycles. The third-order valence-corrected chi connectivity index (χ3v) is 5.07. The first kappa shape index (κ1) is 15.4. The Labute approximate surface area is 110 Å². The Morgan fingerprint density at radius 2 is 1.89 bits per heavy atom. The van der Waals surface area contributed by atoms with Gasteiger partial charge in [-0.15, -0.1) is 0 Å². The lowest BCUT2D eigenvalue weighted by atomic mass is 10.1. The second-order valence-corrected chi connectivity index (χ2v) is 6.12. The molecule has 1 aliphatic rings. The molecule has 1 saturated heterocycles. The predicted octanol–water partition coefficient (Wildman–Crippen LogP) is 0.151. The van der Waals surface area contributed by atoms with Crippen LogP contribution in [0.1, 0.15) is 26.7 Å². The monoisotopic (exact) mass is 274 g/mol. The van der Waals surface area contributed by atoms with Crippen LogP contribution in [0.3, 0.4) is 0 Å². The Morgan fingerprint density at radius 1 is 1.33 bits per heavy atom. The van der Waals surface area contributed by atoms with E-state index in [1.54, 1.807) is 0 Å². The highest BCUT2D eigenvalue weighted by Crippen LogP contribution is 2.11. The van der Waals surface area contributed by atoms with Crippen LogP contribution in [0.5, 0.6) is 0 Å². The maximum Gasteiger partial charge on any atom is 0.279 e. The number of piperidine rings is 1. The van der Waals surface area contributed by atoms with Crippen LogP contribution < -0.4 is 4.72 Å². The number of hydrogen-bond donors (Lipinski definition) is 1. The zero-order chi connectivity index (χ0) is 13.6. The molecular weight excluding hydrogens is 252 g/mol. The van der Waals surface area contributed by atoms with Crippen molar-refractivity contribution >= 4 is 10.2 Å². The van der Waals surface area contributed by atoms with Crippen molar-refractivity contribution in [1.82, 2.24) is 13.9 Å². The van der Waals surface area contributed by atoms with Crippen LogP contribution in [0.15, 0.2) is 0 Å². The maximum atomic E-state index is 12.0. The van der Waals surface area contributed by atoms with E-state index in [9.17, 15) is 8.42 Å². The summed E-state index contributed by atoms with van der Waals surface area (Å²) in [6, 6.07) is 2.11. The molecule has 0 aliphatic carbocycles. The summed E-state index contributed by atoms with van der Waals surface area (Å²) in [5.74, 6) is 0. The van der Waals surface area contributed by atoms with Gasteiger partial charge in [-0.25, -0.2) is 0 Å². The first-order chi connectivity index (χ1) is 8.53. The minimum Gasteiger partial charge on any atom is -0.290 e. The Kier molecular flexibility index (Phi) is 6.02. The predicted molar refractivity (Wildman–Crippen MR) is 70.1 cm³/mol. The van der Waals surface area contributed by atoms with Crippen molar-refractivity contribution in [3.63, 3.8) is 0 Å². The second kappa shape index (κ2) is 7.04. The topological polar surface area (TPSA) is 76.4 Å². The smallest absolute Gasteiger partial charge is 0.279 e. The highest BCUT2D eigenvalue weighted by molar-refractivity contribution is 7.87. The van der Waals surface area contributed by atoms with Gasteiger partial charge in [0.05, 0.1) is 12.6 Å². The van der Waals surface area contributed by atoms with Crippen molar-refractivity contribution in [3.8, 4) is 6.07 Å². The number of nitrogens with one attached hydrogen (secondary N) is 1. The molecule has 6 nitrogen and oxygen atoms in total. The molecule has 1 rings (SSSR count). The van der Waals surface area contributed by atoms with Gasteiger partial charge in [-0.2, -0.15) is 22.7 Å². The number of hydrogen-bond acceptors (Lipinski definition) is 4. The summed E-state index contributed by atoms with van der Waals surface area (Å²) >= 11 is 0. The fourth-order valence-electron chi connectivity index (χ4n) is 2.16. The fraction of sp³-hybridized carbons (Fsp3) is 0.909. The summed E-state index contributed by atoms with van der Waals surface area (Å²) in [5.41, 5.74) is 0. The van der Waals surface area contributed by atoms with Gasteiger partial charge in [0.2, 0.25) is 0 Å². The van der Waals surface area contributed by atoms with Crippen LogP contribution in [0.2, 0.25) is 0 Å². The van der Waals surface area contributed by atoms with Gasteiger partial charge in [0, 0.05) is 32.2 Å². The number of nitriles is 1. The van der Waals surface area contributed by atoms with Gasteiger partial charge in [-0.3, -0.25) is 4.90 Å². The molecule has 0 amide bonds. The molecule has 0 aromatic heterocycles. The van der Waals surface area contributed by atoms with Crippen molar-refractivity contribution in [1.29, 1.82) is 5.26 Å². The molecule has 1 fully saturated rings. The summed E-state index contributed by atoms with van der Waals surface area (Å²) in [7, 11) is -3.35. The van der Waals surface area contributed by atoms with Crippen LogP contribution >= 0.6 is 0 Å². The lowest BCUT2D eigenvalue weighted by molar-refractivity contribution is 0.227. The van der Waals surface area contributed by atoms with Gasteiger partial charge in [0.15, 0.2) is 0 Å². The van der Waals surface area contributed by atoms with E-state index in [4.69, 9.17) is 5.26 Å². The second-order valence-electron chi connectivity index (χ2n) is 4.42. The summed E-state index contributed by atoms with van der Waals surface area (Å²) in [6.07, 6.45) is 1.53. The van der Waals surface area contributed by atoms with Crippen molar-refractivity contribution in [2.24, 2.45) is 0 Å². The van der Waals surface area contributed by atoms with Crippen molar-refractivity contribution < 1.29 is 8.42 Å². The Balaban J connectivity index is 2.48. The molecule has 7 heteroatoms. The maximum absolute atomic E-state index is 12.0. The zero-order valence-corrected chi connectivity index (χ0v) is 11.9. The Morgan fingerprint density at radius 3 is 2.33 bits per heavy atom. The Bertz CT molecular complexity index is 378. The van der Waals surface area contributed by atoms with E-state index >= 15 is 0 Å². The van der Waals surface area contributed by atoms with E-state index in [1.165, 1.54) is 4.31 Å². The van der Waals surface area contributed by atoms with E-state index in [1.807, 2.05) is 18.7 Å². The number of nitrogens with zero attached hydrogens (tertiary/aromatic N) is 3. The molecule has 0 saturated carbocycles. The SMILES string of the molecule is CCN(CC)S(=O)(=O)NC1CCN(CC#N)CC1. The first-order valence-electron chi connectivity index (χ1n) is 6.40. The van der Waals surface area contributed by atoms with Crippen LogP contribution in [-0.2, 0) is 10.2 Å². The van der Waals surface area contributed by atoms with Gasteiger partial charge in [0.1, 0.15) is 0 Å². The van der Waals surface area contributed by atoms with Crippen LogP contribution in [0, 0.1) is 11.3 Å². The van der Waals surface area contributed by atoms with Gasteiger partial charge in [0.25, 0.3) is 10.2 Å². The normalized spacial score (nSPS) is 19.0. The van der Waals surface area contributed by atoms with E-state index in [-0.39, 0.29) is 6.04 Å². The third-order valence-electron chi connectivity index (χ3n) is 3.24. The van der Waals surface area contributed by atoms with Crippen molar-refractivity contribution in [3.05, 3.63) is 0 Å². The molecule has 0 bridgehead atoms. The molecular formula is C11H22N4O2S. The van der Waals surface area contributed by atoms with Crippen molar-refractivity contribution in [2.45, 2.75) is 32.7 Å². The molecule has 1 aliphatic heterocycles. The molecule has 0 unspecified atom stereocenters. The molecule has 1 N–H and O–H groups in total. The molecule has 0 atom stereocenters. The van der Waals surface area contributed by atoms with Crippen LogP contribution in [-0.4, -0.2) is 56.4 Å². The quantitative estimate of drug-likeness (QED) is 0.700. The molecule has 0 aromatic rings. The lowest BCUT2D eigenvalue weighted by Gasteiger charge is -2.31. The fourth-order valence-corrected chi connectivity index (χ4v) is 3.64. The molecule has 18 heavy (non-hydrogen) atoms. The van der Waals surface area contributed by atoms with Gasteiger partial charge in [-0.05, 0) is 12.8 Å². The molecule has 104 valence electrons. The van der Waals surface area contributed by atoms with Crippen LogP contribution in [0.25, 0.3) is 0 Å². The van der Waals surface area contributed by atoms with Gasteiger partial charge < -0.3 is 0 Å². The summed E-state index contributed by atoms with van der Waals surface area (Å²) < 4.78 is 28.2. The zero-order valence-electron chi connectivity index (χ0n) is 11.1.